The average Bonchev–Trinajstić information content (AvgIpc) is 2.78. The minimum atomic E-state index is -0.427. The highest BCUT2D eigenvalue weighted by Gasteiger charge is 2.33. The summed E-state index contributed by atoms with van der Waals surface area (Å²) in [5.74, 6) is -0.168. The molecule has 0 spiro atoms. The van der Waals surface area contributed by atoms with Gasteiger partial charge in [0.2, 0.25) is 0 Å². The molecule has 0 saturated heterocycles. The summed E-state index contributed by atoms with van der Waals surface area (Å²) < 4.78 is 0. The molecule has 1 N–H and O–H groups in total. The second-order valence-electron chi connectivity index (χ2n) is 6.97. The Morgan fingerprint density at radius 1 is 1.25 bits per heavy atom. The first-order valence-electron chi connectivity index (χ1n) is 8.56. The van der Waals surface area contributed by atoms with Crippen LogP contribution >= 0.6 is 0 Å². The van der Waals surface area contributed by atoms with Crippen LogP contribution in [0.2, 0.25) is 0 Å². The molecule has 6 heteroatoms. The molecule has 1 fully saturated rings. The fraction of sp³-hybridized carbons (Fsp3) is 0.611. The van der Waals surface area contributed by atoms with Gasteiger partial charge in [0.05, 0.1) is 4.92 Å². The molecule has 0 unspecified atom stereocenters. The van der Waals surface area contributed by atoms with E-state index in [0.717, 1.165) is 12.8 Å². The van der Waals surface area contributed by atoms with Gasteiger partial charge in [0.1, 0.15) is 0 Å². The van der Waals surface area contributed by atoms with Gasteiger partial charge >= 0.3 is 0 Å². The molecule has 0 aliphatic heterocycles. The highest BCUT2D eigenvalue weighted by molar-refractivity contribution is 5.94. The molecular formula is C18H27N3O3. The normalized spacial score (nSPS) is 17.3. The van der Waals surface area contributed by atoms with E-state index in [2.05, 4.69) is 24.3 Å². The summed E-state index contributed by atoms with van der Waals surface area (Å²) in [4.78, 5) is 25.2. The number of nitrogens with one attached hydrogen (secondary N) is 1. The summed E-state index contributed by atoms with van der Waals surface area (Å²) in [5, 5.41) is 13.9. The monoisotopic (exact) mass is 333 g/mol. The van der Waals surface area contributed by atoms with Crippen LogP contribution in [-0.2, 0) is 0 Å². The molecule has 0 atom stereocenters. The zero-order chi connectivity index (χ0) is 17.7. The summed E-state index contributed by atoms with van der Waals surface area (Å²) in [6, 6.07) is 4.51. The van der Waals surface area contributed by atoms with Crippen molar-refractivity contribution in [1.82, 2.24) is 10.2 Å². The van der Waals surface area contributed by atoms with Crippen molar-refractivity contribution in [3.8, 4) is 0 Å². The Morgan fingerprint density at radius 2 is 1.88 bits per heavy atom. The summed E-state index contributed by atoms with van der Waals surface area (Å²) in [7, 11) is 4.15. The van der Waals surface area contributed by atoms with Crippen LogP contribution in [0.4, 0.5) is 5.69 Å². The van der Waals surface area contributed by atoms with E-state index >= 15 is 0 Å². The molecule has 6 nitrogen and oxygen atoms in total. The SMILES string of the molecule is Cc1cc(C(=O)NCC2(N(C)C)CCCCCC2)ccc1[N+](=O)[O-]. The van der Waals surface area contributed by atoms with Crippen molar-refractivity contribution in [2.24, 2.45) is 0 Å². The first kappa shape index (κ1) is 18.4. The molecule has 132 valence electrons. The quantitative estimate of drug-likeness (QED) is 0.510. The fourth-order valence-corrected chi connectivity index (χ4v) is 3.52. The van der Waals surface area contributed by atoms with Crippen molar-refractivity contribution in [1.29, 1.82) is 0 Å². The molecule has 2 rings (SSSR count). The zero-order valence-corrected chi connectivity index (χ0v) is 14.8. The van der Waals surface area contributed by atoms with Crippen molar-refractivity contribution in [2.75, 3.05) is 20.6 Å². The first-order valence-corrected chi connectivity index (χ1v) is 8.56. The number of nitrogens with zero attached hydrogens (tertiary/aromatic N) is 2. The molecule has 0 aromatic heterocycles. The van der Waals surface area contributed by atoms with Crippen LogP contribution in [0.1, 0.15) is 54.4 Å². The highest BCUT2D eigenvalue weighted by Crippen LogP contribution is 2.30. The second-order valence-corrected chi connectivity index (χ2v) is 6.97. The summed E-state index contributed by atoms with van der Waals surface area (Å²) in [6.07, 6.45) is 7.05. The van der Waals surface area contributed by atoms with E-state index in [1.165, 1.54) is 37.8 Å². The lowest BCUT2D eigenvalue weighted by Gasteiger charge is -2.39. The number of rotatable bonds is 5. The minimum Gasteiger partial charge on any atom is -0.350 e. The van der Waals surface area contributed by atoms with E-state index in [9.17, 15) is 14.9 Å². The molecule has 1 aliphatic rings. The summed E-state index contributed by atoms with van der Waals surface area (Å²) in [5.41, 5.74) is 1.02. The van der Waals surface area contributed by atoms with Gasteiger partial charge in [-0.1, -0.05) is 25.7 Å². The van der Waals surface area contributed by atoms with Crippen LogP contribution in [0.3, 0.4) is 0 Å². The lowest BCUT2D eigenvalue weighted by atomic mass is 9.88. The number of benzene rings is 1. The number of carbonyl (C=O) groups excluding carboxylic acids is 1. The Balaban J connectivity index is 2.08. The molecule has 1 saturated carbocycles. The van der Waals surface area contributed by atoms with Crippen molar-refractivity contribution >= 4 is 11.6 Å². The van der Waals surface area contributed by atoms with Crippen molar-refractivity contribution in [2.45, 2.75) is 51.0 Å². The number of hydrogen-bond donors (Lipinski definition) is 1. The number of nitro groups is 1. The second kappa shape index (κ2) is 7.75. The van der Waals surface area contributed by atoms with Gasteiger partial charge in [-0.2, -0.15) is 0 Å². The van der Waals surface area contributed by atoms with E-state index in [1.54, 1.807) is 13.0 Å². The van der Waals surface area contributed by atoms with Gasteiger partial charge in [-0.25, -0.2) is 0 Å². The molecular weight excluding hydrogens is 306 g/mol. The van der Waals surface area contributed by atoms with Crippen LogP contribution in [-0.4, -0.2) is 41.9 Å². The molecule has 0 radical (unpaired) electrons. The summed E-state index contributed by atoms with van der Waals surface area (Å²) >= 11 is 0. The Bertz CT molecular complexity index is 606. The van der Waals surface area contributed by atoms with E-state index in [4.69, 9.17) is 0 Å². The van der Waals surface area contributed by atoms with Crippen molar-refractivity contribution in [3.05, 3.63) is 39.4 Å². The first-order chi connectivity index (χ1) is 11.4. The minimum absolute atomic E-state index is 0.00197. The van der Waals surface area contributed by atoms with Crippen LogP contribution in [0.25, 0.3) is 0 Å². The number of likely N-dealkylation sites (N-methyl/N-ethyl adjacent to an activating group) is 1. The van der Waals surface area contributed by atoms with Crippen molar-refractivity contribution in [3.63, 3.8) is 0 Å². The highest BCUT2D eigenvalue weighted by atomic mass is 16.6. The standard InChI is InChI=1S/C18H27N3O3/c1-14-12-15(8-9-16(14)21(23)24)17(22)19-13-18(20(2)3)10-6-4-5-7-11-18/h8-9,12H,4-7,10-11,13H2,1-3H3,(H,19,22). The number of hydrogen-bond acceptors (Lipinski definition) is 4. The Morgan fingerprint density at radius 3 is 2.38 bits per heavy atom. The largest absolute Gasteiger partial charge is 0.350 e. The third-order valence-electron chi connectivity index (χ3n) is 5.22. The van der Waals surface area contributed by atoms with Crippen molar-refractivity contribution < 1.29 is 9.72 Å². The molecule has 1 amide bonds. The smallest absolute Gasteiger partial charge is 0.272 e. The van der Waals surface area contributed by atoms with Gasteiger partial charge in [0.25, 0.3) is 11.6 Å². The Hall–Kier alpha value is -1.95. The number of aryl methyl sites for hydroxylation is 1. The molecule has 1 aliphatic carbocycles. The third kappa shape index (κ3) is 4.12. The number of amides is 1. The fourth-order valence-electron chi connectivity index (χ4n) is 3.52. The zero-order valence-electron chi connectivity index (χ0n) is 14.8. The van der Waals surface area contributed by atoms with Crippen LogP contribution in [0, 0.1) is 17.0 Å². The summed E-state index contributed by atoms with van der Waals surface area (Å²) in [6.45, 7) is 2.26. The van der Waals surface area contributed by atoms with Gasteiger partial charge in [0, 0.05) is 29.3 Å². The lowest BCUT2D eigenvalue weighted by Crippen LogP contribution is -2.52. The average molecular weight is 333 g/mol. The Labute approximate surface area is 143 Å². The van der Waals surface area contributed by atoms with Gasteiger partial charge in [-0.15, -0.1) is 0 Å². The van der Waals surface area contributed by atoms with Crippen LogP contribution in [0.15, 0.2) is 18.2 Å². The predicted molar refractivity (Wildman–Crippen MR) is 94.3 cm³/mol. The van der Waals surface area contributed by atoms with E-state index in [0.29, 0.717) is 17.7 Å². The molecule has 0 bridgehead atoms. The topological polar surface area (TPSA) is 75.5 Å². The van der Waals surface area contributed by atoms with Crippen LogP contribution < -0.4 is 5.32 Å². The molecule has 0 heterocycles. The molecule has 1 aromatic carbocycles. The molecule has 1 aromatic rings. The van der Waals surface area contributed by atoms with Gasteiger partial charge in [-0.05, 0) is 46.0 Å². The number of carbonyl (C=O) groups is 1. The number of nitro benzene ring substituents is 1. The van der Waals surface area contributed by atoms with E-state index < -0.39 is 4.92 Å². The third-order valence-corrected chi connectivity index (χ3v) is 5.22. The molecule has 24 heavy (non-hydrogen) atoms. The van der Waals surface area contributed by atoms with Gasteiger partial charge in [-0.3, -0.25) is 14.9 Å². The maximum absolute atomic E-state index is 12.5. The lowest BCUT2D eigenvalue weighted by molar-refractivity contribution is -0.385. The maximum Gasteiger partial charge on any atom is 0.272 e. The predicted octanol–water partition coefficient (Wildman–Crippen LogP) is 3.29. The van der Waals surface area contributed by atoms with Crippen LogP contribution in [0.5, 0.6) is 0 Å². The maximum atomic E-state index is 12.5. The van der Waals surface area contributed by atoms with Gasteiger partial charge in [0.15, 0.2) is 0 Å². The Kier molecular flexibility index (Phi) is 5.94. The van der Waals surface area contributed by atoms with E-state index in [-0.39, 0.29) is 17.1 Å². The van der Waals surface area contributed by atoms with E-state index in [1.807, 2.05) is 0 Å². The van der Waals surface area contributed by atoms with Gasteiger partial charge < -0.3 is 10.2 Å².